The number of aryl methyl sites for hydroxylation is 1. The van der Waals surface area contributed by atoms with E-state index in [4.69, 9.17) is 16.3 Å². The molecule has 5 rings (SSSR count). The topological polar surface area (TPSA) is 86.3 Å². The summed E-state index contributed by atoms with van der Waals surface area (Å²) in [5.74, 6) is 0.322. The van der Waals surface area contributed by atoms with Gasteiger partial charge in [-0.3, -0.25) is 14.2 Å². The van der Waals surface area contributed by atoms with Crippen molar-refractivity contribution in [3.8, 4) is 11.4 Å². The van der Waals surface area contributed by atoms with E-state index in [0.717, 1.165) is 22.4 Å². The number of carbonyl (C=O) groups is 1. The van der Waals surface area contributed by atoms with Gasteiger partial charge < -0.3 is 14.4 Å². The third-order valence-electron chi connectivity index (χ3n) is 6.42. The van der Waals surface area contributed by atoms with Crippen LogP contribution in [0.5, 0.6) is 5.75 Å². The number of rotatable bonds is 6. The van der Waals surface area contributed by atoms with Crippen LogP contribution in [0.15, 0.2) is 65.6 Å². The van der Waals surface area contributed by atoms with Crippen molar-refractivity contribution in [2.45, 2.75) is 25.9 Å². The molecule has 8 heteroatoms. The number of aromatic nitrogens is 3. The SMILES string of the molecule is Cn1c(C2CC2(C)C(=O)O)nc2ccc(-n3ccc(OCc4ccc(Cl)cc4)cc3=O)cc21. The second-order valence-corrected chi connectivity index (χ2v) is 9.10. The van der Waals surface area contributed by atoms with Gasteiger partial charge in [0.1, 0.15) is 18.2 Å². The van der Waals surface area contributed by atoms with Crippen molar-refractivity contribution in [3.05, 3.63) is 87.6 Å². The zero-order valence-corrected chi connectivity index (χ0v) is 18.9. The minimum Gasteiger partial charge on any atom is -0.489 e. The van der Waals surface area contributed by atoms with Crippen LogP contribution in [0.1, 0.15) is 30.7 Å². The third-order valence-corrected chi connectivity index (χ3v) is 6.68. The molecule has 0 amide bonds. The summed E-state index contributed by atoms with van der Waals surface area (Å²) < 4.78 is 9.21. The molecule has 7 nitrogen and oxygen atoms in total. The number of carboxylic acid groups (broad SMARTS) is 1. The van der Waals surface area contributed by atoms with E-state index in [0.29, 0.717) is 29.5 Å². The van der Waals surface area contributed by atoms with Crippen molar-refractivity contribution in [2.75, 3.05) is 0 Å². The van der Waals surface area contributed by atoms with E-state index in [2.05, 4.69) is 4.98 Å². The lowest BCUT2D eigenvalue weighted by Crippen LogP contribution is -2.16. The Kier molecular flexibility index (Phi) is 5.01. The molecule has 0 aliphatic heterocycles. The molecule has 4 aromatic rings. The van der Waals surface area contributed by atoms with Crippen LogP contribution in [0, 0.1) is 5.41 Å². The van der Waals surface area contributed by atoms with Crippen molar-refractivity contribution in [1.29, 1.82) is 0 Å². The van der Waals surface area contributed by atoms with Gasteiger partial charge in [-0.15, -0.1) is 0 Å². The Labute approximate surface area is 194 Å². The first kappa shape index (κ1) is 21.3. The summed E-state index contributed by atoms with van der Waals surface area (Å²) in [5, 5.41) is 10.1. The molecule has 168 valence electrons. The van der Waals surface area contributed by atoms with Crippen molar-refractivity contribution in [1.82, 2.24) is 14.1 Å². The van der Waals surface area contributed by atoms with Crippen LogP contribution in [-0.2, 0) is 18.4 Å². The van der Waals surface area contributed by atoms with Gasteiger partial charge in [0.05, 0.1) is 22.1 Å². The average molecular weight is 464 g/mol. The molecule has 1 N–H and O–H groups in total. The Morgan fingerprint density at radius 1 is 1.21 bits per heavy atom. The maximum absolute atomic E-state index is 12.8. The van der Waals surface area contributed by atoms with Gasteiger partial charge in [0, 0.05) is 30.3 Å². The molecular formula is C25H22ClN3O4. The molecule has 0 radical (unpaired) electrons. The summed E-state index contributed by atoms with van der Waals surface area (Å²) in [6.07, 6.45) is 2.25. The van der Waals surface area contributed by atoms with E-state index in [1.807, 2.05) is 41.9 Å². The molecule has 1 fully saturated rings. The highest BCUT2D eigenvalue weighted by Gasteiger charge is 2.59. The summed E-state index contributed by atoms with van der Waals surface area (Å²) in [4.78, 5) is 29.0. The molecule has 2 aromatic carbocycles. The zero-order valence-electron chi connectivity index (χ0n) is 18.2. The molecule has 2 unspecified atom stereocenters. The number of carboxylic acids is 1. The highest BCUT2D eigenvalue weighted by molar-refractivity contribution is 6.30. The Morgan fingerprint density at radius 3 is 2.64 bits per heavy atom. The summed E-state index contributed by atoms with van der Waals surface area (Å²) in [5.41, 5.74) is 2.28. The second-order valence-electron chi connectivity index (χ2n) is 8.67. The number of aliphatic carboxylic acids is 1. The van der Waals surface area contributed by atoms with E-state index < -0.39 is 11.4 Å². The number of ether oxygens (including phenoxy) is 1. The van der Waals surface area contributed by atoms with E-state index in [-0.39, 0.29) is 11.5 Å². The normalized spacial score (nSPS) is 19.5. The van der Waals surface area contributed by atoms with Crippen LogP contribution in [0.4, 0.5) is 0 Å². The summed E-state index contributed by atoms with van der Waals surface area (Å²) in [6, 6.07) is 16.1. The molecule has 33 heavy (non-hydrogen) atoms. The van der Waals surface area contributed by atoms with Gasteiger partial charge in [0.25, 0.3) is 5.56 Å². The van der Waals surface area contributed by atoms with Crippen LogP contribution >= 0.6 is 11.6 Å². The maximum atomic E-state index is 12.8. The van der Waals surface area contributed by atoms with E-state index >= 15 is 0 Å². The lowest BCUT2D eigenvalue weighted by Gasteiger charge is -2.10. The van der Waals surface area contributed by atoms with Crippen molar-refractivity contribution in [3.63, 3.8) is 0 Å². The number of hydrogen-bond acceptors (Lipinski definition) is 4. The Balaban J connectivity index is 1.40. The van der Waals surface area contributed by atoms with E-state index in [9.17, 15) is 14.7 Å². The highest BCUT2D eigenvalue weighted by atomic mass is 35.5. The monoisotopic (exact) mass is 463 g/mol. The molecule has 1 aliphatic carbocycles. The first-order valence-corrected chi connectivity index (χ1v) is 10.9. The molecule has 1 saturated carbocycles. The molecule has 1 aliphatic rings. The fourth-order valence-corrected chi connectivity index (χ4v) is 4.27. The number of halogens is 1. The van der Waals surface area contributed by atoms with Crippen molar-refractivity contribution in [2.24, 2.45) is 12.5 Å². The summed E-state index contributed by atoms with van der Waals surface area (Å²) >= 11 is 5.90. The van der Waals surface area contributed by atoms with Crippen LogP contribution in [0.3, 0.4) is 0 Å². The third kappa shape index (κ3) is 3.78. The minimum atomic E-state index is -0.801. The van der Waals surface area contributed by atoms with E-state index in [1.165, 1.54) is 6.07 Å². The number of hydrogen-bond donors (Lipinski definition) is 1. The van der Waals surface area contributed by atoms with Gasteiger partial charge in [0.2, 0.25) is 0 Å². The summed E-state index contributed by atoms with van der Waals surface area (Å²) in [6.45, 7) is 2.09. The van der Waals surface area contributed by atoms with Gasteiger partial charge in [-0.2, -0.15) is 0 Å². The fourth-order valence-electron chi connectivity index (χ4n) is 4.15. The lowest BCUT2D eigenvalue weighted by molar-refractivity contribution is -0.142. The predicted octanol–water partition coefficient (Wildman–Crippen LogP) is 4.53. The number of fused-ring (bicyclic) bond motifs is 1. The lowest BCUT2D eigenvalue weighted by atomic mass is 10.1. The quantitative estimate of drug-likeness (QED) is 0.454. The molecule has 0 saturated heterocycles. The molecular weight excluding hydrogens is 442 g/mol. The molecule has 0 bridgehead atoms. The first-order valence-electron chi connectivity index (χ1n) is 10.6. The maximum Gasteiger partial charge on any atom is 0.310 e. The second kappa shape index (κ2) is 7.78. The minimum absolute atomic E-state index is 0.115. The van der Waals surface area contributed by atoms with Crippen molar-refractivity contribution < 1.29 is 14.6 Å². The molecule has 0 spiro atoms. The largest absolute Gasteiger partial charge is 0.489 e. The molecule has 2 aromatic heterocycles. The molecule has 2 atom stereocenters. The smallest absolute Gasteiger partial charge is 0.310 e. The van der Waals surface area contributed by atoms with Gasteiger partial charge in [-0.25, -0.2) is 4.98 Å². The number of pyridine rings is 1. The van der Waals surface area contributed by atoms with E-state index in [1.54, 1.807) is 35.9 Å². The number of benzene rings is 2. The first-order chi connectivity index (χ1) is 15.8. The zero-order chi connectivity index (χ0) is 23.3. The average Bonchev–Trinajstić information content (AvgIpc) is 3.39. The van der Waals surface area contributed by atoms with Gasteiger partial charge in [-0.1, -0.05) is 23.7 Å². The molecule has 2 heterocycles. The van der Waals surface area contributed by atoms with Crippen LogP contribution in [-0.4, -0.2) is 25.2 Å². The summed E-state index contributed by atoms with van der Waals surface area (Å²) in [7, 11) is 1.88. The number of nitrogens with zero attached hydrogens (tertiary/aromatic N) is 3. The van der Waals surface area contributed by atoms with Crippen LogP contribution in [0.2, 0.25) is 5.02 Å². The Bertz CT molecular complexity index is 1440. The van der Waals surface area contributed by atoms with Crippen LogP contribution in [0.25, 0.3) is 16.7 Å². The fraction of sp³-hybridized carbons (Fsp3) is 0.240. The predicted molar refractivity (Wildman–Crippen MR) is 125 cm³/mol. The number of imidazole rings is 1. The highest BCUT2D eigenvalue weighted by Crippen LogP contribution is 2.59. The Morgan fingerprint density at radius 2 is 1.97 bits per heavy atom. The van der Waals surface area contributed by atoms with Crippen LogP contribution < -0.4 is 10.3 Å². The van der Waals surface area contributed by atoms with Gasteiger partial charge in [-0.05, 0) is 55.3 Å². The Hall–Kier alpha value is -3.58. The van der Waals surface area contributed by atoms with Gasteiger partial charge >= 0.3 is 5.97 Å². The van der Waals surface area contributed by atoms with Crippen molar-refractivity contribution >= 4 is 28.6 Å². The standard InChI is InChI=1S/C25H22ClN3O4/c1-25(24(31)32)13-19(25)23-27-20-8-7-17(11-21(20)28(23)2)29-10-9-18(12-22(29)30)33-14-15-3-5-16(26)6-4-15/h3-12,19H,13-14H2,1-2H3,(H,31,32). The van der Waals surface area contributed by atoms with Gasteiger partial charge in [0.15, 0.2) is 0 Å².